The van der Waals surface area contributed by atoms with Gasteiger partial charge in [0, 0.05) is 19.0 Å². The number of carbonyl (C=O) groups is 1. The number of ether oxygens (including phenoxy) is 2. The van der Waals surface area contributed by atoms with Crippen molar-refractivity contribution in [1.82, 2.24) is 9.55 Å². The molecule has 9 heteroatoms. The van der Waals surface area contributed by atoms with E-state index < -0.39 is 29.7 Å². The molecule has 2 rings (SSSR count). The number of aliphatic hydroxyl groups is 1. The highest BCUT2D eigenvalue weighted by atomic mass is 127. The van der Waals surface area contributed by atoms with E-state index in [2.05, 4.69) is 24.1 Å². The van der Waals surface area contributed by atoms with E-state index in [4.69, 9.17) is 9.47 Å². The maximum absolute atomic E-state index is 12.1. The molecule has 0 unspecified atom stereocenters. The van der Waals surface area contributed by atoms with E-state index >= 15 is 0 Å². The lowest BCUT2D eigenvalue weighted by atomic mass is 10.1. The number of esters is 1. The van der Waals surface area contributed by atoms with Gasteiger partial charge in [-0.15, -0.1) is 0 Å². The Bertz CT molecular complexity index is 912. The van der Waals surface area contributed by atoms with Crippen LogP contribution in [0.15, 0.2) is 27.9 Å². The van der Waals surface area contributed by atoms with Crippen LogP contribution in [0, 0.1) is 3.57 Å². The van der Waals surface area contributed by atoms with Gasteiger partial charge in [-0.3, -0.25) is 19.1 Å². The van der Waals surface area contributed by atoms with Gasteiger partial charge in [-0.2, -0.15) is 0 Å². The van der Waals surface area contributed by atoms with Gasteiger partial charge in [-0.05, 0) is 54.7 Å². The third-order valence-corrected chi connectivity index (χ3v) is 7.26. The monoisotopic (exact) mass is 618 g/mol. The minimum atomic E-state index is -0.862. The highest BCUT2D eigenvalue weighted by molar-refractivity contribution is 14.1. The van der Waals surface area contributed by atoms with Gasteiger partial charge in [0.25, 0.3) is 5.56 Å². The number of allylic oxidation sites excluding steroid dienone is 2. The Kier molecular flexibility index (Phi) is 15.3. The fraction of sp³-hybridized carbons (Fsp3) is 0.741. The molecule has 0 saturated carbocycles. The number of hydrogen-bond acceptors (Lipinski definition) is 6. The first-order valence-electron chi connectivity index (χ1n) is 13.6. The van der Waals surface area contributed by atoms with Crippen molar-refractivity contribution in [3.8, 4) is 0 Å². The molecule has 0 radical (unpaired) electrons. The second kappa shape index (κ2) is 17.9. The van der Waals surface area contributed by atoms with Crippen molar-refractivity contribution in [2.24, 2.45) is 0 Å². The molecular weight excluding hydrogens is 575 g/mol. The molecule has 3 atom stereocenters. The number of carbonyl (C=O) groups excluding carboxylic acids is 1. The fourth-order valence-corrected chi connectivity index (χ4v) is 4.73. The Morgan fingerprint density at radius 1 is 1.08 bits per heavy atom. The van der Waals surface area contributed by atoms with Crippen LogP contribution < -0.4 is 11.2 Å². The largest absolute Gasteiger partial charge is 0.463 e. The maximum atomic E-state index is 12.1. The molecule has 204 valence electrons. The second-order valence-electron chi connectivity index (χ2n) is 9.59. The summed E-state index contributed by atoms with van der Waals surface area (Å²) in [5.74, 6) is -0.303. The zero-order valence-electron chi connectivity index (χ0n) is 21.6. The number of rotatable bonds is 18. The Hall–Kier alpha value is -1.46. The average molecular weight is 619 g/mol. The van der Waals surface area contributed by atoms with Gasteiger partial charge in [-0.1, -0.05) is 70.4 Å². The summed E-state index contributed by atoms with van der Waals surface area (Å²) >= 11 is 1.83. The first-order valence-corrected chi connectivity index (χ1v) is 14.6. The quantitative estimate of drug-likeness (QED) is 0.0991. The van der Waals surface area contributed by atoms with E-state index in [9.17, 15) is 19.5 Å². The molecule has 1 aliphatic rings. The summed E-state index contributed by atoms with van der Waals surface area (Å²) in [6, 6.07) is 0. The number of aromatic nitrogens is 2. The summed E-state index contributed by atoms with van der Waals surface area (Å²) in [5.41, 5.74) is -1.06. The molecule has 1 aliphatic heterocycles. The predicted molar refractivity (Wildman–Crippen MR) is 149 cm³/mol. The van der Waals surface area contributed by atoms with Gasteiger partial charge >= 0.3 is 11.7 Å². The number of H-pyrrole nitrogens is 1. The van der Waals surface area contributed by atoms with Crippen molar-refractivity contribution in [2.45, 2.75) is 122 Å². The lowest BCUT2D eigenvalue weighted by Gasteiger charge is -2.16. The van der Waals surface area contributed by atoms with E-state index in [0.717, 1.165) is 25.7 Å². The fourth-order valence-electron chi connectivity index (χ4n) is 4.30. The SMILES string of the molecule is CCCCCCCCC=CCCCCCCCC(=O)OC[C@H]1O[C@@H](n2cc(I)c(=O)[nH]c2=O)C[C@@H]1O. The van der Waals surface area contributed by atoms with Crippen LogP contribution in [0.3, 0.4) is 0 Å². The number of nitrogens with zero attached hydrogens (tertiary/aromatic N) is 1. The summed E-state index contributed by atoms with van der Waals surface area (Å²) < 4.78 is 12.6. The Labute approximate surface area is 228 Å². The molecular formula is C27H43IN2O6. The number of hydrogen-bond donors (Lipinski definition) is 2. The van der Waals surface area contributed by atoms with Crippen LogP contribution in [0.1, 0.15) is 109 Å². The molecule has 0 aliphatic carbocycles. The lowest BCUT2D eigenvalue weighted by Crippen LogP contribution is -2.33. The molecule has 0 bridgehead atoms. The highest BCUT2D eigenvalue weighted by Crippen LogP contribution is 2.28. The lowest BCUT2D eigenvalue weighted by molar-refractivity contribution is -0.150. The number of aromatic amines is 1. The van der Waals surface area contributed by atoms with E-state index in [0.29, 0.717) is 9.99 Å². The Morgan fingerprint density at radius 3 is 2.36 bits per heavy atom. The van der Waals surface area contributed by atoms with E-state index in [1.807, 2.05) is 22.6 Å². The predicted octanol–water partition coefficient (Wildman–Crippen LogP) is 5.37. The van der Waals surface area contributed by atoms with Gasteiger partial charge in [0.1, 0.15) is 18.9 Å². The van der Waals surface area contributed by atoms with Gasteiger partial charge in [-0.25, -0.2) is 4.79 Å². The molecule has 1 fully saturated rings. The zero-order valence-corrected chi connectivity index (χ0v) is 23.7. The topological polar surface area (TPSA) is 111 Å². The number of unbranched alkanes of at least 4 members (excludes halogenated alkanes) is 11. The van der Waals surface area contributed by atoms with Gasteiger partial charge < -0.3 is 14.6 Å². The van der Waals surface area contributed by atoms with Crippen LogP contribution in [0.5, 0.6) is 0 Å². The van der Waals surface area contributed by atoms with Crippen molar-refractivity contribution in [2.75, 3.05) is 6.61 Å². The molecule has 2 N–H and O–H groups in total. The van der Waals surface area contributed by atoms with Crippen LogP contribution in [-0.4, -0.2) is 39.4 Å². The number of aliphatic hydroxyl groups excluding tert-OH is 1. The summed E-state index contributed by atoms with van der Waals surface area (Å²) in [6.07, 6.45) is 19.9. The van der Waals surface area contributed by atoms with Gasteiger partial charge in [0.05, 0.1) is 9.67 Å². The van der Waals surface area contributed by atoms with Crippen molar-refractivity contribution in [1.29, 1.82) is 0 Å². The summed E-state index contributed by atoms with van der Waals surface area (Å²) in [5, 5.41) is 10.3. The first kappa shape index (κ1) is 30.8. The Balaban J connectivity index is 1.49. The zero-order chi connectivity index (χ0) is 26.2. The van der Waals surface area contributed by atoms with Crippen molar-refractivity contribution in [3.05, 3.63) is 42.8 Å². The van der Waals surface area contributed by atoms with Gasteiger partial charge in [0.15, 0.2) is 0 Å². The number of nitrogens with one attached hydrogen (secondary N) is 1. The average Bonchev–Trinajstić information content (AvgIpc) is 3.22. The standard InChI is InChI=1S/C27H43IN2O6/c1-2-3-4-5-6-7-8-9-10-11-12-13-14-15-16-17-25(32)35-20-23-22(31)18-24(36-23)30-19-21(28)26(33)29-27(30)34/h9-10,19,22-24,31H,2-8,11-18,20H2,1H3,(H,29,33,34)/t22-,23+,24+/m0/s1. The normalized spacial score (nSPS) is 19.8. The molecule has 36 heavy (non-hydrogen) atoms. The second-order valence-corrected chi connectivity index (χ2v) is 10.8. The van der Waals surface area contributed by atoms with Crippen LogP contribution in [0.4, 0.5) is 0 Å². The first-order chi connectivity index (χ1) is 17.4. The van der Waals surface area contributed by atoms with Crippen molar-refractivity contribution in [3.63, 3.8) is 0 Å². The van der Waals surface area contributed by atoms with Crippen LogP contribution in [-0.2, 0) is 14.3 Å². The minimum absolute atomic E-state index is 0.0588. The molecule has 1 aromatic rings. The summed E-state index contributed by atoms with van der Waals surface area (Å²) in [7, 11) is 0. The van der Waals surface area contributed by atoms with Crippen molar-refractivity contribution < 1.29 is 19.4 Å². The Morgan fingerprint density at radius 2 is 1.69 bits per heavy atom. The molecule has 0 amide bonds. The minimum Gasteiger partial charge on any atom is -0.463 e. The molecule has 0 spiro atoms. The van der Waals surface area contributed by atoms with Crippen molar-refractivity contribution >= 4 is 28.6 Å². The van der Waals surface area contributed by atoms with Crippen LogP contribution in [0.25, 0.3) is 0 Å². The van der Waals surface area contributed by atoms with Crippen LogP contribution >= 0.6 is 22.6 Å². The molecule has 0 aromatic carbocycles. The molecule has 2 heterocycles. The van der Waals surface area contributed by atoms with E-state index in [1.165, 1.54) is 68.6 Å². The molecule has 1 saturated heterocycles. The highest BCUT2D eigenvalue weighted by Gasteiger charge is 2.36. The summed E-state index contributed by atoms with van der Waals surface area (Å²) in [4.78, 5) is 37.9. The maximum Gasteiger partial charge on any atom is 0.330 e. The molecule has 1 aromatic heterocycles. The number of halogens is 1. The third-order valence-electron chi connectivity index (χ3n) is 6.49. The smallest absolute Gasteiger partial charge is 0.330 e. The summed E-state index contributed by atoms with van der Waals surface area (Å²) in [6.45, 7) is 2.19. The third kappa shape index (κ3) is 11.7. The van der Waals surface area contributed by atoms with E-state index in [1.54, 1.807) is 0 Å². The van der Waals surface area contributed by atoms with Gasteiger partial charge in [0.2, 0.25) is 0 Å². The van der Waals surface area contributed by atoms with Crippen LogP contribution in [0.2, 0.25) is 0 Å². The molecule has 8 nitrogen and oxygen atoms in total. The van der Waals surface area contributed by atoms with E-state index in [-0.39, 0.29) is 19.0 Å².